The minimum atomic E-state index is 0.342. The lowest BCUT2D eigenvalue weighted by atomic mass is 9.81. The summed E-state index contributed by atoms with van der Waals surface area (Å²) in [5.74, 6) is 0. The maximum atomic E-state index is 3.75. The highest BCUT2D eigenvalue weighted by Gasteiger charge is 2.38. The molecule has 1 aliphatic heterocycles. The van der Waals surface area contributed by atoms with Crippen LogP contribution in [0.4, 0.5) is 0 Å². The van der Waals surface area contributed by atoms with Crippen LogP contribution in [0.15, 0.2) is 0 Å². The first-order valence-electron chi connectivity index (χ1n) is 7.56. The highest BCUT2D eigenvalue weighted by molar-refractivity contribution is 4.95. The highest BCUT2D eigenvalue weighted by atomic mass is 15.3. The molecule has 0 spiro atoms. The second-order valence-electron chi connectivity index (χ2n) is 8.13. The molecule has 0 radical (unpaired) electrons. The molecule has 3 unspecified atom stereocenters. The van der Waals surface area contributed by atoms with Crippen molar-refractivity contribution in [2.75, 3.05) is 13.1 Å². The molecule has 18 heavy (non-hydrogen) atoms. The van der Waals surface area contributed by atoms with E-state index in [9.17, 15) is 0 Å². The van der Waals surface area contributed by atoms with Crippen LogP contribution in [0, 0.1) is 10.8 Å². The van der Waals surface area contributed by atoms with Crippen molar-refractivity contribution in [1.29, 1.82) is 0 Å². The van der Waals surface area contributed by atoms with E-state index in [0.29, 0.717) is 29.0 Å². The SMILES string of the molecule is CCC1CNC(C(C)(C)C)CN1C(C)C(C)(C)C. The lowest BCUT2D eigenvalue weighted by molar-refractivity contribution is 0.0131. The minimum absolute atomic E-state index is 0.342. The Hall–Kier alpha value is -0.0800. The summed E-state index contributed by atoms with van der Waals surface area (Å²) in [6, 6.07) is 1.93. The molecule has 0 aromatic heterocycles. The summed E-state index contributed by atoms with van der Waals surface area (Å²) in [7, 11) is 0. The number of rotatable bonds is 2. The molecule has 1 aliphatic rings. The molecule has 0 amide bonds. The van der Waals surface area contributed by atoms with Crippen LogP contribution >= 0.6 is 0 Å². The van der Waals surface area contributed by atoms with Gasteiger partial charge in [-0.05, 0) is 24.2 Å². The minimum Gasteiger partial charge on any atom is -0.311 e. The first-order valence-corrected chi connectivity index (χ1v) is 7.56. The molecule has 1 heterocycles. The molecule has 0 aromatic carbocycles. The second-order valence-corrected chi connectivity index (χ2v) is 8.13. The van der Waals surface area contributed by atoms with Crippen LogP contribution in [0.1, 0.15) is 61.8 Å². The van der Waals surface area contributed by atoms with Gasteiger partial charge in [-0.25, -0.2) is 0 Å². The molecule has 0 bridgehead atoms. The van der Waals surface area contributed by atoms with Crippen molar-refractivity contribution >= 4 is 0 Å². The lowest BCUT2D eigenvalue weighted by Gasteiger charge is -2.50. The van der Waals surface area contributed by atoms with E-state index in [4.69, 9.17) is 0 Å². The summed E-state index contributed by atoms with van der Waals surface area (Å²) >= 11 is 0. The van der Waals surface area contributed by atoms with E-state index in [1.54, 1.807) is 0 Å². The van der Waals surface area contributed by atoms with E-state index in [1.165, 1.54) is 13.0 Å². The molecule has 2 nitrogen and oxygen atoms in total. The quantitative estimate of drug-likeness (QED) is 0.811. The van der Waals surface area contributed by atoms with E-state index in [0.717, 1.165) is 6.54 Å². The van der Waals surface area contributed by atoms with E-state index in [2.05, 4.69) is 65.6 Å². The van der Waals surface area contributed by atoms with Crippen molar-refractivity contribution in [3.05, 3.63) is 0 Å². The maximum Gasteiger partial charge on any atom is 0.0244 e. The van der Waals surface area contributed by atoms with Gasteiger partial charge in [0.1, 0.15) is 0 Å². The van der Waals surface area contributed by atoms with Gasteiger partial charge < -0.3 is 5.32 Å². The van der Waals surface area contributed by atoms with Gasteiger partial charge in [0.15, 0.2) is 0 Å². The second kappa shape index (κ2) is 5.50. The molecule has 1 rings (SSSR count). The number of nitrogens with one attached hydrogen (secondary N) is 1. The molecule has 1 saturated heterocycles. The van der Waals surface area contributed by atoms with Gasteiger partial charge in [0.2, 0.25) is 0 Å². The highest BCUT2D eigenvalue weighted by Crippen LogP contribution is 2.31. The van der Waals surface area contributed by atoms with Crippen LogP contribution in [0.25, 0.3) is 0 Å². The topological polar surface area (TPSA) is 15.3 Å². The van der Waals surface area contributed by atoms with Gasteiger partial charge in [0.25, 0.3) is 0 Å². The molecule has 0 saturated carbocycles. The van der Waals surface area contributed by atoms with Crippen LogP contribution in [0.3, 0.4) is 0 Å². The first kappa shape index (κ1) is 16.0. The fourth-order valence-electron chi connectivity index (χ4n) is 2.75. The van der Waals surface area contributed by atoms with Crippen molar-refractivity contribution in [2.45, 2.75) is 79.9 Å². The molecule has 0 aromatic rings. The third-order valence-electron chi connectivity index (χ3n) is 4.73. The Morgan fingerprint density at radius 3 is 2.11 bits per heavy atom. The zero-order chi connectivity index (χ0) is 14.1. The van der Waals surface area contributed by atoms with Crippen LogP contribution in [0.5, 0.6) is 0 Å². The van der Waals surface area contributed by atoms with E-state index < -0.39 is 0 Å². The van der Waals surface area contributed by atoms with Gasteiger partial charge >= 0.3 is 0 Å². The van der Waals surface area contributed by atoms with Crippen LogP contribution in [0.2, 0.25) is 0 Å². The van der Waals surface area contributed by atoms with Crippen molar-refractivity contribution < 1.29 is 0 Å². The Morgan fingerprint density at radius 1 is 1.17 bits per heavy atom. The summed E-state index contributed by atoms with van der Waals surface area (Å²) in [5.41, 5.74) is 0.696. The first-order chi connectivity index (χ1) is 8.07. The number of hydrogen-bond donors (Lipinski definition) is 1. The van der Waals surface area contributed by atoms with Gasteiger partial charge in [0, 0.05) is 31.2 Å². The summed E-state index contributed by atoms with van der Waals surface area (Å²) in [6.07, 6.45) is 1.24. The fourth-order valence-corrected chi connectivity index (χ4v) is 2.75. The van der Waals surface area contributed by atoms with Crippen LogP contribution in [-0.2, 0) is 0 Å². The van der Waals surface area contributed by atoms with E-state index in [-0.39, 0.29) is 0 Å². The Bertz CT molecular complexity index is 259. The van der Waals surface area contributed by atoms with Crippen LogP contribution < -0.4 is 5.32 Å². The molecule has 2 heteroatoms. The molecule has 1 fully saturated rings. The van der Waals surface area contributed by atoms with Gasteiger partial charge in [-0.15, -0.1) is 0 Å². The molecular weight excluding hydrogens is 220 g/mol. The number of piperazine rings is 1. The molecule has 3 atom stereocenters. The average molecular weight is 254 g/mol. The van der Waals surface area contributed by atoms with Gasteiger partial charge in [0.05, 0.1) is 0 Å². The largest absolute Gasteiger partial charge is 0.311 e. The Kier molecular flexibility index (Phi) is 4.88. The molecule has 108 valence electrons. The zero-order valence-corrected chi connectivity index (χ0v) is 13.8. The van der Waals surface area contributed by atoms with Gasteiger partial charge in [-0.1, -0.05) is 48.5 Å². The summed E-state index contributed by atoms with van der Waals surface area (Å²) in [4.78, 5) is 2.74. The summed E-state index contributed by atoms with van der Waals surface area (Å²) < 4.78 is 0. The Morgan fingerprint density at radius 2 is 1.72 bits per heavy atom. The number of hydrogen-bond acceptors (Lipinski definition) is 2. The smallest absolute Gasteiger partial charge is 0.0244 e. The normalized spacial score (nSPS) is 29.3. The maximum absolute atomic E-state index is 3.75. The third-order valence-corrected chi connectivity index (χ3v) is 4.73. The molecule has 1 N–H and O–H groups in total. The monoisotopic (exact) mass is 254 g/mol. The fraction of sp³-hybridized carbons (Fsp3) is 1.00. The van der Waals surface area contributed by atoms with Gasteiger partial charge in [-0.3, -0.25) is 4.90 Å². The Balaban J connectivity index is 2.83. The molecule has 0 aliphatic carbocycles. The summed E-state index contributed by atoms with van der Waals surface area (Å²) in [6.45, 7) is 21.1. The van der Waals surface area contributed by atoms with Gasteiger partial charge in [-0.2, -0.15) is 0 Å². The van der Waals surface area contributed by atoms with Crippen molar-refractivity contribution in [2.24, 2.45) is 10.8 Å². The van der Waals surface area contributed by atoms with Crippen molar-refractivity contribution in [3.63, 3.8) is 0 Å². The van der Waals surface area contributed by atoms with Crippen molar-refractivity contribution in [1.82, 2.24) is 10.2 Å². The average Bonchev–Trinajstić information content (AvgIpc) is 2.24. The predicted octanol–water partition coefficient (Wildman–Crippen LogP) is 3.52. The van der Waals surface area contributed by atoms with Crippen LogP contribution in [-0.4, -0.2) is 36.1 Å². The van der Waals surface area contributed by atoms with Crippen molar-refractivity contribution in [3.8, 4) is 0 Å². The standard InChI is InChI=1S/C16H34N2/c1-9-13-10-17-14(16(6,7)8)11-18(13)12(2)15(3,4)5/h12-14,17H,9-11H2,1-8H3. The number of nitrogens with zero attached hydrogens (tertiary/aromatic N) is 1. The molecular formula is C16H34N2. The van der Waals surface area contributed by atoms with E-state index in [1.807, 2.05) is 0 Å². The predicted molar refractivity (Wildman–Crippen MR) is 80.9 cm³/mol. The zero-order valence-electron chi connectivity index (χ0n) is 13.8. The third kappa shape index (κ3) is 3.71. The summed E-state index contributed by atoms with van der Waals surface area (Å²) in [5, 5.41) is 3.75. The van der Waals surface area contributed by atoms with E-state index >= 15 is 0 Å². The lowest BCUT2D eigenvalue weighted by Crippen LogP contribution is -2.63. The Labute approximate surface area is 115 Å².